The van der Waals surface area contributed by atoms with Crippen LogP contribution in [-0.4, -0.2) is 46.2 Å². The van der Waals surface area contributed by atoms with E-state index in [-0.39, 0.29) is 24.3 Å². The first kappa shape index (κ1) is 19.4. The Kier molecular flexibility index (Phi) is 5.37. The van der Waals surface area contributed by atoms with Crippen molar-refractivity contribution in [2.45, 2.75) is 20.4 Å². The second-order valence-electron chi connectivity index (χ2n) is 6.27. The minimum absolute atomic E-state index is 0.0964. The van der Waals surface area contributed by atoms with Crippen molar-refractivity contribution in [2.24, 2.45) is 0 Å². The molecule has 0 unspecified atom stereocenters. The zero-order chi connectivity index (χ0) is 20.4. The summed E-state index contributed by atoms with van der Waals surface area (Å²) in [5.41, 5.74) is 1.88. The first-order valence-corrected chi connectivity index (χ1v) is 8.82. The highest BCUT2D eigenvalue weighted by Crippen LogP contribution is 2.31. The predicted octanol–water partition coefficient (Wildman–Crippen LogP) is 2.30. The van der Waals surface area contributed by atoms with Crippen LogP contribution in [0, 0.1) is 0 Å². The standard InChI is InChI=1S/C21H19NO6/c1-3-28-21(27)20(26)14-5-7-18-16(11-14)15-10-13(19(25)12(2)24)4-6-17(15)22(18)8-9-23/h4-7,10-11,23H,3,8-9H2,1-2H3. The van der Waals surface area contributed by atoms with Crippen LogP contribution in [0.25, 0.3) is 21.8 Å². The number of Topliss-reactive ketones (excluding diaryl/α,β-unsaturated/α-hetero) is 3. The molecular weight excluding hydrogens is 362 g/mol. The van der Waals surface area contributed by atoms with E-state index in [1.54, 1.807) is 37.3 Å². The van der Waals surface area contributed by atoms with Crippen LogP contribution in [0.3, 0.4) is 0 Å². The number of aliphatic hydroxyl groups is 1. The van der Waals surface area contributed by atoms with Crippen LogP contribution in [0.2, 0.25) is 0 Å². The molecule has 3 aromatic rings. The van der Waals surface area contributed by atoms with Crippen LogP contribution in [0.1, 0.15) is 34.6 Å². The third kappa shape index (κ3) is 3.32. The number of hydrogen-bond acceptors (Lipinski definition) is 6. The van der Waals surface area contributed by atoms with Gasteiger partial charge in [-0.05, 0) is 43.3 Å². The van der Waals surface area contributed by atoms with Crippen molar-refractivity contribution in [1.29, 1.82) is 0 Å². The van der Waals surface area contributed by atoms with Crippen LogP contribution in [0.15, 0.2) is 36.4 Å². The number of nitrogens with zero attached hydrogens (tertiary/aromatic N) is 1. The van der Waals surface area contributed by atoms with Gasteiger partial charge in [-0.2, -0.15) is 0 Å². The van der Waals surface area contributed by atoms with Gasteiger partial charge < -0.3 is 14.4 Å². The molecule has 0 saturated heterocycles. The number of carbonyl (C=O) groups excluding carboxylic acids is 4. The summed E-state index contributed by atoms with van der Waals surface area (Å²) in [6.07, 6.45) is 0. The van der Waals surface area contributed by atoms with E-state index >= 15 is 0 Å². The highest BCUT2D eigenvalue weighted by Gasteiger charge is 2.20. The zero-order valence-corrected chi connectivity index (χ0v) is 15.5. The number of hydrogen-bond donors (Lipinski definition) is 1. The summed E-state index contributed by atoms with van der Waals surface area (Å²) in [4.78, 5) is 47.6. The number of benzene rings is 2. The van der Waals surface area contributed by atoms with E-state index in [2.05, 4.69) is 0 Å². The lowest BCUT2D eigenvalue weighted by Crippen LogP contribution is -2.17. The predicted molar refractivity (Wildman–Crippen MR) is 103 cm³/mol. The van der Waals surface area contributed by atoms with Gasteiger partial charge >= 0.3 is 5.97 Å². The summed E-state index contributed by atoms with van der Waals surface area (Å²) in [5.74, 6) is -2.88. The molecule has 28 heavy (non-hydrogen) atoms. The molecule has 0 aliphatic heterocycles. The van der Waals surface area contributed by atoms with E-state index in [9.17, 15) is 24.3 Å². The van der Waals surface area contributed by atoms with E-state index < -0.39 is 23.3 Å². The molecular formula is C21H19NO6. The van der Waals surface area contributed by atoms with Gasteiger partial charge in [0.25, 0.3) is 5.78 Å². The summed E-state index contributed by atoms with van der Waals surface area (Å²) in [5, 5.41) is 10.7. The van der Waals surface area contributed by atoms with Crippen molar-refractivity contribution >= 4 is 45.1 Å². The van der Waals surface area contributed by atoms with Crippen LogP contribution < -0.4 is 0 Å². The van der Waals surface area contributed by atoms with Gasteiger partial charge in [0.1, 0.15) is 0 Å². The highest BCUT2D eigenvalue weighted by molar-refractivity contribution is 6.43. The van der Waals surface area contributed by atoms with Crippen molar-refractivity contribution in [3.8, 4) is 0 Å². The second-order valence-corrected chi connectivity index (χ2v) is 6.27. The molecule has 0 aliphatic carbocycles. The number of esters is 1. The molecule has 0 aliphatic rings. The maximum Gasteiger partial charge on any atom is 0.379 e. The Bertz CT molecular complexity index is 1120. The van der Waals surface area contributed by atoms with Crippen LogP contribution in [0.5, 0.6) is 0 Å². The minimum atomic E-state index is -0.937. The normalized spacial score (nSPS) is 11.0. The fraction of sp³-hybridized carbons (Fsp3) is 0.238. The number of carbonyl (C=O) groups is 4. The lowest BCUT2D eigenvalue weighted by molar-refractivity contribution is -0.137. The van der Waals surface area contributed by atoms with Crippen LogP contribution in [-0.2, 0) is 20.9 Å². The molecule has 7 nitrogen and oxygen atoms in total. The van der Waals surface area contributed by atoms with Crippen LogP contribution in [0.4, 0.5) is 0 Å². The molecule has 0 bridgehead atoms. The molecule has 1 heterocycles. The molecule has 0 atom stereocenters. The smallest absolute Gasteiger partial charge is 0.379 e. The second kappa shape index (κ2) is 7.74. The number of ketones is 3. The van der Waals surface area contributed by atoms with E-state index in [1.165, 1.54) is 13.0 Å². The van der Waals surface area contributed by atoms with Gasteiger partial charge in [0, 0.05) is 46.4 Å². The van der Waals surface area contributed by atoms with Crippen LogP contribution >= 0.6 is 0 Å². The van der Waals surface area contributed by atoms with Gasteiger partial charge in [0.2, 0.25) is 5.78 Å². The van der Waals surface area contributed by atoms with Crippen molar-refractivity contribution in [3.05, 3.63) is 47.5 Å². The van der Waals surface area contributed by atoms with Gasteiger partial charge in [0.05, 0.1) is 13.2 Å². The summed E-state index contributed by atoms with van der Waals surface area (Å²) in [6.45, 7) is 3.13. The molecule has 3 rings (SSSR count). The molecule has 0 saturated carbocycles. The Labute approximate surface area is 160 Å². The Balaban J connectivity index is 2.24. The van der Waals surface area contributed by atoms with Gasteiger partial charge in [-0.15, -0.1) is 0 Å². The molecule has 2 aromatic carbocycles. The van der Waals surface area contributed by atoms with E-state index in [0.717, 1.165) is 11.0 Å². The Morgan fingerprint density at radius 1 is 0.929 bits per heavy atom. The van der Waals surface area contributed by atoms with Crippen molar-refractivity contribution < 1.29 is 29.0 Å². The van der Waals surface area contributed by atoms with E-state index in [4.69, 9.17) is 4.74 Å². The molecule has 1 N–H and O–H groups in total. The van der Waals surface area contributed by atoms with E-state index in [0.29, 0.717) is 17.3 Å². The molecule has 0 amide bonds. The maximum absolute atomic E-state index is 12.3. The largest absolute Gasteiger partial charge is 0.460 e. The van der Waals surface area contributed by atoms with Gasteiger partial charge in [0.15, 0.2) is 5.78 Å². The third-order valence-electron chi connectivity index (χ3n) is 4.49. The number of aliphatic hydroxyl groups excluding tert-OH is 1. The zero-order valence-electron chi connectivity index (χ0n) is 15.5. The summed E-state index contributed by atoms with van der Waals surface area (Å²) in [7, 11) is 0. The number of fused-ring (bicyclic) bond motifs is 3. The molecule has 7 heteroatoms. The topological polar surface area (TPSA) is 103 Å². The third-order valence-corrected chi connectivity index (χ3v) is 4.49. The molecule has 0 fully saturated rings. The van der Waals surface area contributed by atoms with E-state index in [1.807, 2.05) is 4.57 Å². The monoisotopic (exact) mass is 381 g/mol. The molecule has 0 radical (unpaired) electrons. The average molecular weight is 381 g/mol. The van der Waals surface area contributed by atoms with Crippen molar-refractivity contribution in [1.82, 2.24) is 4.57 Å². The van der Waals surface area contributed by atoms with Crippen molar-refractivity contribution in [3.63, 3.8) is 0 Å². The van der Waals surface area contributed by atoms with Gasteiger partial charge in [-0.25, -0.2) is 4.79 Å². The first-order chi connectivity index (χ1) is 13.4. The lowest BCUT2D eigenvalue weighted by atomic mass is 10.0. The first-order valence-electron chi connectivity index (χ1n) is 8.82. The summed E-state index contributed by atoms with van der Waals surface area (Å²) in [6, 6.07) is 9.62. The maximum atomic E-state index is 12.3. The van der Waals surface area contributed by atoms with Gasteiger partial charge in [-0.1, -0.05) is 0 Å². The SMILES string of the molecule is CCOC(=O)C(=O)c1ccc2c(c1)c1cc(C(=O)C(C)=O)ccc1n2CCO. The average Bonchev–Trinajstić information content (AvgIpc) is 2.99. The van der Waals surface area contributed by atoms with Crippen molar-refractivity contribution in [2.75, 3.05) is 13.2 Å². The Morgan fingerprint density at radius 3 is 1.93 bits per heavy atom. The molecule has 0 spiro atoms. The summed E-state index contributed by atoms with van der Waals surface area (Å²) < 4.78 is 6.62. The van der Waals surface area contributed by atoms with Gasteiger partial charge in [-0.3, -0.25) is 14.4 Å². The Morgan fingerprint density at radius 2 is 1.46 bits per heavy atom. The number of rotatable bonds is 7. The number of ether oxygens (including phenoxy) is 1. The highest BCUT2D eigenvalue weighted by atomic mass is 16.5. The fourth-order valence-corrected chi connectivity index (χ4v) is 3.25. The summed E-state index contributed by atoms with van der Waals surface area (Å²) >= 11 is 0. The lowest BCUT2D eigenvalue weighted by Gasteiger charge is -2.05. The molecule has 1 aromatic heterocycles. The minimum Gasteiger partial charge on any atom is -0.460 e. The molecule has 144 valence electrons. The Hall–Kier alpha value is -3.32. The number of aromatic nitrogens is 1. The quantitative estimate of drug-likeness (QED) is 0.383. The fourth-order valence-electron chi connectivity index (χ4n) is 3.25.